The molecule has 0 saturated heterocycles. The molecule has 1 aromatic heterocycles. The van der Waals surface area contributed by atoms with E-state index in [0.717, 1.165) is 29.4 Å². The Balaban J connectivity index is 1.76. The van der Waals surface area contributed by atoms with Crippen molar-refractivity contribution >= 4 is 17.7 Å². The maximum absolute atomic E-state index is 12.8. The monoisotopic (exact) mass is 372 g/mol. The molecule has 1 unspecified atom stereocenters. The second kappa shape index (κ2) is 8.25. The van der Waals surface area contributed by atoms with E-state index in [1.165, 1.54) is 30.2 Å². The third kappa shape index (κ3) is 4.29. The molecule has 1 N–H and O–H groups in total. The number of carbonyl (C=O) groups is 1. The molecule has 26 heavy (non-hydrogen) atoms. The Hall–Kier alpha value is -1.82. The van der Waals surface area contributed by atoms with Crippen LogP contribution in [-0.2, 0) is 11.8 Å². The molecule has 5 nitrogen and oxygen atoms in total. The second-order valence-electron chi connectivity index (χ2n) is 7.51. The molecule has 1 saturated carbocycles. The Bertz CT molecular complexity index is 765. The van der Waals surface area contributed by atoms with Crippen LogP contribution in [0.3, 0.4) is 0 Å². The SMILES string of the molecule is Cc1cccc(-c2nnc(SC(C(=O)NC3CCCC3)C(C)C)n2C)c1. The van der Waals surface area contributed by atoms with Gasteiger partial charge in [-0.2, -0.15) is 0 Å². The Morgan fingerprint density at radius 2 is 2.00 bits per heavy atom. The van der Waals surface area contributed by atoms with Crippen molar-refractivity contribution in [3.05, 3.63) is 29.8 Å². The maximum atomic E-state index is 12.8. The van der Waals surface area contributed by atoms with Crippen LogP contribution in [0, 0.1) is 12.8 Å². The van der Waals surface area contributed by atoms with Crippen molar-refractivity contribution in [2.24, 2.45) is 13.0 Å². The van der Waals surface area contributed by atoms with Gasteiger partial charge in [0.15, 0.2) is 11.0 Å². The molecule has 0 aliphatic heterocycles. The molecular weight excluding hydrogens is 344 g/mol. The fourth-order valence-corrected chi connectivity index (χ4v) is 4.42. The van der Waals surface area contributed by atoms with E-state index in [9.17, 15) is 4.79 Å². The van der Waals surface area contributed by atoms with Gasteiger partial charge < -0.3 is 9.88 Å². The van der Waals surface area contributed by atoms with Crippen LogP contribution in [0.5, 0.6) is 0 Å². The lowest BCUT2D eigenvalue weighted by atomic mass is 10.1. The molecule has 1 aliphatic carbocycles. The van der Waals surface area contributed by atoms with Gasteiger partial charge in [-0.15, -0.1) is 10.2 Å². The Morgan fingerprint density at radius 1 is 1.27 bits per heavy atom. The van der Waals surface area contributed by atoms with E-state index >= 15 is 0 Å². The first-order valence-corrected chi connectivity index (χ1v) is 10.3. The first kappa shape index (κ1) is 19.0. The number of rotatable bonds is 6. The van der Waals surface area contributed by atoms with E-state index in [-0.39, 0.29) is 17.1 Å². The largest absolute Gasteiger partial charge is 0.352 e. The lowest BCUT2D eigenvalue weighted by Crippen LogP contribution is -2.41. The summed E-state index contributed by atoms with van der Waals surface area (Å²) in [4.78, 5) is 12.8. The molecule has 3 rings (SSSR count). The van der Waals surface area contributed by atoms with Crippen molar-refractivity contribution in [2.45, 2.75) is 62.9 Å². The zero-order chi connectivity index (χ0) is 18.7. The Morgan fingerprint density at radius 3 is 2.65 bits per heavy atom. The number of nitrogens with one attached hydrogen (secondary N) is 1. The number of thioether (sulfide) groups is 1. The number of hydrogen-bond donors (Lipinski definition) is 1. The summed E-state index contributed by atoms with van der Waals surface area (Å²) in [6, 6.07) is 8.57. The van der Waals surface area contributed by atoms with E-state index < -0.39 is 0 Å². The van der Waals surface area contributed by atoms with Gasteiger partial charge in [-0.3, -0.25) is 4.79 Å². The zero-order valence-electron chi connectivity index (χ0n) is 16.0. The van der Waals surface area contributed by atoms with Crippen LogP contribution in [0.4, 0.5) is 0 Å². The first-order valence-electron chi connectivity index (χ1n) is 9.39. The van der Waals surface area contributed by atoms with Gasteiger partial charge in [0.25, 0.3) is 0 Å². The van der Waals surface area contributed by atoms with Crippen LogP contribution in [0.15, 0.2) is 29.4 Å². The number of amides is 1. The molecule has 6 heteroatoms. The lowest BCUT2D eigenvalue weighted by molar-refractivity contribution is -0.121. The summed E-state index contributed by atoms with van der Waals surface area (Å²) in [5.41, 5.74) is 2.24. The quantitative estimate of drug-likeness (QED) is 0.780. The molecular formula is C20H28N4OS. The van der Waals surface area contributed by atoms with E-state index in [4.69, 9.17) is 0 Å². The highest BCUT2D eigenvalue weighted by Crippen LogP contribution is 2.30. The molecule has 0 radical (unpaired) electrons. The summed E-state index contributed by atoms with van der Waals surface area (Å²) in [5, 5.41) is 12.6. The van der Waals surface area contributed by atoms with Crippen LogP contribution in [0.25, 0.3) is 11.4 Å². The minimum absolute atomic E-state index is 0.122. The highest BCUT2D eigenvalue weighted by molar-refractivity contribution is 8.00. The highest BCUT2D eigenvalue weighted by atomic mass is 32.2. The average molecular weight is 373 g/mol. The van der Waals surface area contributed by atoms with Crippen molar-refractivity contribution in [3.63, 3.8) is 0 Å². The summed E-state index contributed by atoms with van der Waals surface area (Å²) in [5.74, 6) is 1.17. The van der Waals surface area contributed by atoms with Gasteiger partial charge in [-0.1, -0.05) is 62.2 Å². The average Bonchev–Trinajstić information content (AvgIpc) is 3.22. The van der Waals surface area contributed by atoms with Gasteiger partial charge in [0.1, 0.15) is 0 Å². The molecule has 1 fully saturated rings. The normalized spacial score (nSPS) is 16.2. The van der Waals surface area contributed by atoms with E-state index in [1.54, 1.807) is 0 Å². The minimum atomic E-state index is -0.163. The summed E-state index contributed by atoms with van der Waals surface area (Å²) < 4.78 is 1.98. The molecule has 140 valence electrons. The molecule has 1 heterocycles. The van der Waals surface area contributed by atoms with Gasteiger partial charge in [-0.25, -0.2) is 0 Å². The number of benzene rings is 1. The first-order chi connectivity index (χ1) is 12.5. The van der Waals surface area contributed by atoms with E-state index in [2.05, 4.69) is 48.4 Å². The van der Waals surface area contributed by atoms with E-state index in [1.807, 2.05) is 23.7 Å². The highest BCUT2D eigenvalue weighted by Gasteiger charge is 2.28. The summed E-state index contributed by atoms with van der Waals surface area (Å²) in [6.45, 7) is 6.24. The fourth-order valence-electron chi connectivity index (χ4n) is 3.41. The third-order valence-corrected chi connectivity index (χ3v) is 6.49. The summed E-state index contributed by atoms with van der Waals surface area (Å²) in [6.07, 6.45) is 4.63. The van der Waals surface area contributed by atoms with Crippen LogP contribution in [0.1, 0.15) is 45.1 Å². The standard InChI is InChI=1S/C20H28N4OS/c1-13(2)17(19(25)21-16-10-5-6-11-16)26-20-23-22-18(24(20)4)15-9-7-8-14(3)12-15/h7-9,12-13,16-17H,5-6,10-11H2,1-4H3,(H,21,25). The number of aromatic nitrogens is 3. The van der Waals surface area contributed by atoms with Crippen LogP contribution in [-0.4, -0.2) is 32.0 Å². The van der Waals surface area contributed by atoms with Crippen molar-refractivity contribution in [3.8, 4) is 11.4 Å². The van der Waals surface area contributed by atoms with Crippen LogP contribution in [0.2, 0.25) is 0 Å². The lowest BCUT2D eigenvalue weighted by Gasteiger charge is -2.21. The van der Waals surface area contributed by atoms with E-state index in [0.29, 0.717) is 6.04 Å². The van der Waals surface area contributed by atoms with Crippen molar-refractivity contribution in [1.82, 2.24) is 20.1 Å². The number of aryl methyl sites for hydroxylation is 1. The van der Waals surface area contributed by atoms with Crippen molar-refractivity contribution in [2.75, 3.05) is 0 Å². The molecule has 2 aromatic rings. The van der Waals surface area contributed by atoms with Crippen molar-refractivity contribution in [1.29, 1.82) is 0 Å². The smallest absolute Gasteiger partial charge is 0.234 e. The van der Waals surface area contributed by atoms with Gasteiger partial charge in [-0.05, 0) is 31.7 Å². The molecule has 1 amide bonds. The molecule has 0 bridgehead atoms. The van der Waals surface area contributed by atoms with Gasteiger partial charge in [0.2, 0.25) is 5.91 Å². The van der Waals surface area contributed by atoms with Crippen molar-refractivity contribution < 1.29 is 4.79 Å². The maximum Gasteiger partial charge on any atom is 0.234 e. The number of hydrogen-bond acceptors (Lipinski definition) is 4. The minimum Gasteiger partial charge on any atom is -0.352 e. The van der Waals surface area contributed by atoms with Gasteiger partial charge in [0, 0.05) is 18.7 Å². The predicted molar refractivity (Wildman–Crippen MR) is 106 cm³/mol. The van der Waals surface area contributed by atoms with Gasteiger partial charge in [0.05, 0.1) is 5.25 Å². The van der Waals surface area contributed by atoms with Crippen LogP contribution >= 0.6 is 11.8 Å². The third-order valence-electron chi connectivity index (χ3n) is 4.91. The fraction of sp³-hybridized carbons (Fsp3) is 0.550. The van der Waals surface area contributed by atoms with Gasteiger partial charge >= 0.3 is 0 Å². The molecule has 1 aromatic carbocycles. The second-order valence-corrected chi connectivity index (χ2v) is 8.62. The summed E-state index contributed by atoms with van der Waals surface area (Å²) in [7, 11) is 1.96. The molecule has 0 spiro atoms. The summed E-state index contributed by atoms with van der Waals surface area (Å²) >= 11 is 1.51. The zero-order valence-corrected chi connectivity index (χ0v) is 16.8. The topological polar surface area (TPSA) is 59.8 Å². The van der Waals surface area contributed by atoms with Crippen LogP contribution < -0.4 is 5.32 Å². The Kier molecular flexibility index (Phi) is 6.01. The molecule has 1 aliphatic rings. The number of nitrogens with zero attached hydrogens (tertiary/aromatic N) is 3. The molecule has 1 atom stereocenters. The number of carbonyl (C=O) groups excluding carboxylic acids is 1. The Labute approximate surface area is 160 Å². The predicted octanol–water partition coefficient (Wildman–Crippen LogP) is 3.97.